The smallest absolute Gasteiger partial charge is 0.312 e. The molecule has 0 aliphatic heterocycles. The highest BCUT2D eigenvalue weighted by atomic mass is 79.9. The van der Waals surface area contributed by atoms with Crippen molar-refractivity contribution in [3.8, 4) is 5.75 Å². The van der Waals surface area contributed by atoms with Crippen molar-refractivity contribution in [1.29, 1.82) is 0 Å². The van der Waals surface area contributed by atoms with E-state index in [4.69, 9.17) is 4.74 Å². The van der Waals surface area contributed by atoms with E-state index in [2.05, 4.69) is 28.6 Å². The molecule has 0 aliphatic carbocycles. The molecule has 0 fully saturated rings. The van der Waals surface area contributed by atoms with Gasteiger partial charge in [-0.3, -0.25) is 10.1 Å². The van der Waals surface area contributed by atoms with E-state index >= 15 is 0 Å². The van der Waals surface area contributed by atoms with Crippen LogP contribution in [-0.2, 0) is 0 Å². The third kappa shape index (κ3) is 4.16. The van der Waals surface area contributed by atoms with E-state index in [1.54, 1.807) is 0 Å². The first-order valence-corrected chi connectivity index (χ1v) is 6.36. The zero-order valence-electron chi connectivity index (χ0n) is 8.86. The van der Waals surface area contributed by atoms with Crippen LogP contribution in [0.2, 0.25) is 0 Å². The molecule has 0 spiro atoms. The fourth-order valence-corrected chi connectivity index (χ4v) is 1.73. The number of halogens is 2. The van der Waals surface area contributed by atoms with Gasteiger partial charge in [0, 0.05) is 12.1 Å². The van der Waals surface area contributed by atoms with Crippen LogP contribution in [0.4, 0.5) is 10.1 Å². The minimum atomic E-state index is -0.599. The number of ether oxygens (including phenoxy) is 1. The molecule has 0 atom stereocenters. The van der Waals surface area contributed by atoms with Crippen LogP contribution in [-0.4, -0.2) is 17.3 Å². The standard InChI is InChI=1S/C10H11BrFNO3S/c11-7-5-9(13(14)15)10(6-8(7)12)16-3-1-2-4-17/h5-6,17H,1-4H2. The van der Waals surface area contributed by atoms with E-state index in [-0.39, 0.29) is 15.9 Å². The zero-order chi connectivity index (χ0) is 12.8. The van der Waals surface area contributed by atoms with Crippen molar-refractivity contribution in [3.63, 3.8) is 0 Å². The molecule has 0 N–H and O–H groups in total. The van der Waals surface area contributed by atoms with E-state index in [0.717, 1.165) is 30.7 Å². The average molecular weight is 324 g/mol. The van der Waals surface area contributed by atoms with Crippen molar-refractivity contribution < 1.29 is 14.1 Å². The van der Waals surface area contributed by atoms with Crippen molar-refractivity contribution in [2.45, 2.75) is 12.8 Å². The monoisotopic (exact) mass is 323 g/mol. The molecule has 0 amide bonds. The SMILES string of the molecule is O=[N+]([O-])c1cc(Br)c(F)cc1OCCCCS. The number of rotatable bonds is 6. The quantitative estimate of drug-likeness (QED) is 0.377. The Balaban J connectivity index is 2.81. The lowest BCUT2D eigenvalue weighted by Gasteiger charge is -2.07. The number of nitro groups is 1. The van der Waals surface area contributed by atoms with Gasteiger partial charge in [-0.2, -0.15) is 12.6 Å². The van der Waals surface area contributed by atoms with Gasteiger partial charge in [-0.1, -0.05) is 0 Å². The first kappa shape index (κ1) is 14.2. The van der Waals surface area contributed by atoms with Crippen molar-refractivity contribution in [3.05, 3.63) is 32.5 Å². The highest BCUT2D eigenvalue weighted by molar-refractivity contribution is 9.10. The van der Waals surface area contributed by atoms with Gasteiger partial charge in [0.25, 0.3) is 0 Å². The van der Waals surface area contributed by atoms with Crippen LogP contribution >= 0.6 is 28.6 Å². The van der Waals surface area contributed by atoms with Crippen molar-refractivity contribution in [1.82, 2.24) is 0 Å². The highest BCUT2D eigenvalue weighted by Crippen LogP contribution is 2.32. The third-order valence-corrected chi connectivity index (χ3v) is 2.93. The largest absolute Gasteiger partial charge is 0.487 e. The maximum absolute atomic E-state index is 13.2. The van der Waals surface area contributed by atoms with Crippen molar-refractivity contribution in [2.24, 2.45) is 0 Å². The molecule has 1 aromatic rings. The second-order valence-electron chi connectivity index (χ2n) is 3.27. The number of nitrogens with zero attached hydrogens (tertiary/aromatic N) is 1. The summed E-state index contributed by atoms with van der Waals surface area (Å²) in [6.07, 6.45) is 1.56. The van der Waals surface area contributed by atoms with Gasteiger partial charge in [-0.05, 0) is 34.5 Å². The fraction of sp³-hybridized carbons (Fsp3) is 0.400. The lowest BCUT2D eigenvalue weighted by Crippen LogP contribution is -2.01. The Morgan fingerprint density at radius 1 is 1.47 bits per heavy atom. The maximum Gasteiger partial charge on any atom is 0.312 e. The number of benzene rings is 1. The lowest BCUT2D eigenvalue weighted by molar-refractivity contribution is -0.386. The first-order valence-electron chi connectivity index (χ1n) is 4.93. The van der Waals surface area contributed by atoms with Crippen LogP contribution < -0.4 is 4.74 Å². The second-order valence-corrected chi connectivity index (χ2v) is 4.57. The van der Waals surface area contributed by atoms with Gasteiger partial charge >= 0.3 is 5.69 Å². The Labute approximate surface area is 112 Å². The van der Waals surface area contributed by atoms with E-state index in [1.807, 2.05) is 0 Å². The molecule has 1 aromatic carbocycles. The predicted octanol–water partition coefficient (Wildman–Crippen LogP) is 3.59. The zero-order valence-corrected chi connectivity index (χ0v) is 11.3. The minimum absolute atomic E-state index is 0.0464. The summed E-state index contributed by atoms with van der Waals surface area (Å²) in [5.74, 6) is 0.0924. The van der Waals surface area contributed by atoms with Gasteiger partial charge in [-0.25, -0.2) is 4.39 Å². The summed E-state index contributed by atoms with van der Waals surface area (Å²) in [6.45, 7) is 0.308. The van der Waals surface area contributed by atoms with Gasteiger partial charge in [-0.15, -0.1) is 0 Å². The molecule has 0 aliphatic rings. The van der Waals surface area contributed by atoms with Crippen molar-refractivity contribution in [2.75, 3.05) is 12.4 Å². The van der Waals surface area contributed by atoms with Gasteiger partial charge in [0.1, 0.15) is 5.82 Å². The van der Waals surface area contributed by atoms with E-state index < -0.39 is 10.7 Å². The van der Waals surface area contributed by atoms with Gasteiger partial charge < -0.3 is 4.74 Å². The Hall–Kier alpha value is -0.820. The minimum Gasteiger partial charge on any atom is -0.487 e. The second kappa shape index (κ2) is 6.80. The molecule has 0 aromatic heterocycles. The Bertz CT molecular complexity index is 417. The summed E-state index contributed by atoms with van der Waals surface area (Å²) in [6, 6.07) is 2.12. The molecule has 0 unspecified atom stereocenters. The molecule has 94 valence electrons. The molecule has 0 heterocycles. The molecule has 17 heavy (non-hydrogen) atoms. The summed E-state index contributed by atoms with van der Waals surface area (Å²) in [7, 11) is 0. The van der Waals surface area contributed by atoms with E-state index in [1.165, 1.54) is 0 Å². The van der Waals surface area contributed by atoms with Crippen LogP contribution in [0.1, 0.15) is 12.8 Å². The lowest BCUT2D eigenvalue weighted by atomic mass is 10.3. The van der Waals surface area contributed by atoms with E-state index in [0.29, 0.717) is 6.61 Å². The number of unbranched alkanes of at least 4 members (excludes halogenated alkanes) is 1. The fourth-order valence-electron chi connectivity index (χ4n) is 1.17. The molecule has 7 heteroatoms. The Morgan fingerprint density at radius 3 is 2.76 bits per heavy atom. The molecular weight excluding hydrogens is 313 g/mol. The number of nitro benzene ring substituents is 1. The Morgan fingerprint density at radius 2 is 2.18 bits per heavy atom. The van der Waals surface area contributed by atoms with Gasteiger partial charge in [0.2, 0.25) is 0 Å². The molecular formula is C10H11BrFNO3S. The normalized spacial score (nSPS) is 10.3. The van der Waals surface area contributed by atoms with E-state index in [9.17, 15) is 14.5 Å². The third-order valence-electron chi connectivity index (χ3n) is 2.01. The molecule has 0 radical (unpaired) electrons. The predicted molar refractivity (Wildman–Crippen MR) is 69.3 cm³/mol. The summed E-state index contributed by atoms with van der Waals surface area (Å²) < 4.78 is 18.5. The van der Waals surface area contributed by atoms with Crippen LogP contribution in [0.3, 0.4) is 0 Å². The van der Waals surface area contributed by atoms with Crippen LogP contribution in [0.15, 0.2) is 16.6 Å². The highest BCUT2D eigenvalue weighted by Gasteiger charge is 2.18. The van der Waals surface area contributed by atoms with Crippen molar-refractivity contribution >= 4 is 34.2 Å². The number of hydrogen-bond donors (Lipinski definition) is 1. The maximum atomic E-state index is 13.2. The number of hydrogen-bond acceptors (Lipinski definition) is 4. The summed E-state index contributed by atoms with van der Waals surface area (Å²) in [5.41, 5.74) is -0.246. The van der Waals surface area contributed by atoms with Gasteiger partial charge in [0.15, 0.2) is 5.75 Å². The summed E-state index contributed by atoms with van der Waals surface area (Å²) in [4.78, 5) is 10.1. The molecule has 0 saturated heterocycles. The molecule has 0 saturated carbocycles. The molecule has 0 bridgehead atoms. The van der Waals surface area contributed by atoms with Gasteiger partial charge in [0.05, 0.1) is 16.0 Å². The van der Waals surface area contributed by atoms with Crippen LogP contribution in [0, 0.1) is 15.9 Å². The number of thiol groups is 1. The summed E-state index contributed by atoms with van der Waals surface area (Å²) >= 11 is 6.93. The average Bonchev–Trinajstić information content (AvgIpc) is 2.28. The molecule has 4 nitrogen and oxygen atoms in total. The molecule has 1 rings (SSSR count). The summed E-state index contributed by atoms with van der Waals surface area (Å²) in [5, 5.41) is 10.7. The Kier molecular flexibility index (Phi) is 5.70. The van der Waals surface area contributed by atoms with Crippen LogP contribution in [0.25, 0.3) is 0 Å². The van der Waals surface area contributed by atoms with Crippen LogP contribution in [0.5, 0.6) is 5.75 Å². The topological polar surface area (TPSA) is 52.4 Å². The first-order chi connectivity index (χ1) is 8.06.